The summed E-state index contributed by atoms with van der Waals surface area (Å²) in [6.07, 6.45) is 15.4. The van der Waals surface area contributed by atoms with Crippen LogP contribution in [0.2, 0.25) is 0 Å². The van der Waals surface area contributed by atoms with Gasteiger partial charge in [-0.1, -0.05) is 64.2 Å². The molecule has 0 fully saturated rings. The van der Waals surface area contributed by atoms with Crippen LogP contribution in [0, 0.1) is 5.92 Å². The molecule has 0 spiro atoms. The van der Waals surface area contributed by atoms with Crippen LogP contribution in [-0.4, -0.2) is 18.9 Å². The summed E-state index contributed by atoms with van der Waals surface area (Å²) in [5.74, 6) is 0.310. The van der Waals surface area contributed by atoms with Crippen LogP contribution in [0.4, 0.5) is 4.79 Å². The molecular weight excluding hydrogens is 264 g/mol. The highest BCUT2D eigenvalue weighted by atomic mass is 16.7. The number of ether oxygens (including phenoxy) is 2. The van der Waals surface area contributed by atoms with Crippen LogP contribution < -0.4 is 0 Å². The largest absolute Gasteiger partial charge is 0.508 e. The molecule has 1 atom stereocenters. The van der Waals surface area contributed by atoms with Gasteiger partial charge in [-0.2, -0.15) is 0 Å². The number of hydrogen-bond acceptors (Lipinski definition) is 3. The molecule has 0 aliphatic rings. The van der Waals surface area contributed by atoms with Gasteiger partial charge in [0, 0.05) is 0 Å². The van der Waals surface area contributed by atoms with Gasteiger partial charge in [0.15, 0.2) is 0 Å². The Hall–Kier alpha value is -1.51. The summed E-state index contributed by atoms with van der Waals surface area (Å²) in [6, 6.07) is 0. The SMILES string of the molecule is CC/C=C\C/C=C\C/C=C\COC(=O)OC(CC)C(C)C. The average Bonchev–Trinajstić information content (AvgIpc) is 2.46. The molecule has 3 heteroatoms. The number of allylic oxidation sites excluding steroid dienone is 5. The molecule has 0 aliphatic heterocycles. The van der Waals surface area contributed by atoms with Crippen molar-refractivity contribution in [1.82, 2.24) is 0 Å². The molecule has 0 N–H and O–H groups in total. The van der Waals surface area contributed by atoms with Crippen LogP contribution in [-0.2, 0) is 9.47 Å². The normalized spacial score (nSPS) is 13.6. The molecule has 3 nitrogen and oxygen atoms in total. The highest BCUT2D eigenvalue weighted by Crippen LogP contribution is 2.11. The van der Waals surface area contributed by atoms with Crippen LogP contribution in [0.15, 0.2) is 36.5 Å². The van der Waals surface area contributed by atoms with E-state index in [2.05, 4.69) is 31.2 Å². The van der Waals surface area contributed by atoms with Gasteiger partial charge in [0.1, 0.15) is 12.7 Å². The lowest BCUT2D eigenvalue weighted by Gasteiger charge is -2.18. The van der Waals surface area contributed by atoms with Gasteiger partial charge in [-0.05, 0) is 31.6 Å². The Labute approximate surface area is 129 Å². The van der Waals surface area contributed by atoms with Crippen molar-refractivity contribution in [2.75, 3.05) is 6.61 Å². The van der Waals surface area contributed by atoms with Gasteiger partial charge in [0.25, 0.3) is 0 Å². The molecule has 0 aromatic carbocycles. The quantitative estimate of drug-likeness (QED) is 0.398. The van der Waals surface area contributed by atoms with Gasteiger partial charge in [-0.25, -0.2) is 4.79 Å². The fourth-order valence-corrected chi connectivity index (χ4v) is 1.74. The van der Waals surface area contributed by atoms with Crippen molar-refractivity contribution in [1.29, 1.82) is 0 Å². The lowest BCUT2D eigenvalue weighted by Crippen LogP contribution is -2.23. The first-order valence-corrected chi connectivity index (χ1v) is 7.90. The second-order valence-corrected chi connectivity index (χ2v) is 5.16. The van der Waals surface area contributed by atoms with Crippen LogP contribution in [0.5, 0.6) is 0 Å². The first-order chi connectivity index (χ1) is 10.1. The Balaban J connectivity index is 3.71. The maximum absolute atomic E-state index is 11.5. The van der Waals surface area contributed by atoms with E-state index in [0.717, 1.165) is 25.7 Å². The highest BCUT2D eigenvalue weighted by molar-refractivity contribution is 5.60. The summed E-state index contributed by atoms with van der Waals surface area (Å²) < 4.78 is 10.2. The number of hydrogen-bond donors (Lipinski definition) is 0. The van der Waals surface area contributed by atoms with E-state index in [1.54, 1.807) is 0 Å². The molecule has 0 aromatic heterocycles. The van der Waals surface area contributed by atoms with E-state index < -0.39 is 6.16 Å². The van der Waals surface area contributed by atoms with E-state index in [1.807, 2.05) is 32.9 Å². The zero-order chi connectivity index (χ0) is 15.9. The minimum atomic E-state index is -0.583. The lowest BCUT2D eigenvalue weighted by molar-refractivity contribution is 0.0114. The van der Waals surface area contributed by atoms with E-state index in [-0.39, 0.29) is 12.7 Å². The third-order valence-corrected chi connectivity index (χ3v) is 2.97. The average molecular weight is 294 g/mol. The van der Waals surface area contributed by atoms with Crippen LogP contribution in [0.1, 0.15) is 53.4 Å². The summed E-state index contributed by atoms with van der Waals surface area (Å²) in [6.45, 7) is 8.45. The molecule has 1 unspecified atom stereocenters. The molecule has 0 saturated carbocycles. The van der Waals surface area contributed by atoms with E-state index in [9.17, 15) is 4.79 Å². The fraction of sp³-hybridized carbons (Fsp3) is 0.611. The summed E-state index contributed by atoms with van der Waals surface area (Å²) in [5, 5.41) is 0. The zero-order valence-electron chi connectivity index (χ0n) is 13.9. The molecule has 120 valence electrons. The number of rotatable bonds is 10. The van der Waals surface area contributed by atoms with Crippen molar-refractivity contribution in [3.8, 4) is 0 Å². The third kappa shape index (κ3) is 12.0. The van der Waals surface area contributed by atoms with Crippen molar-refractivity contribution in [3.63, 3.8) is 0 Å². The van der Waals surface area contributed by atoms with Gasteiger partial charge in [-0.3, -0.25) is 0 Å². The second-order valence-electron chi connectivity index (χ2n) is 5.16. The van der Waals surface area contributed by atoms with Crippen LogP contribution in [0.3, 0.4) is 0 Å². The minimum Gasteiger partial charge on any atom is -0.431 e. The first-order valence-electron chi connectivity index (χ1n) is 7.90. The monoisotopic (exact) mass is 294 g/mol. The highest BCUT2D eigenvalue weighted by Gasteiger charge is 2.16. The lowest BCUT2D eigenvalue weighted by atomic mass is 10.1. The second kappa shape index (κ2) is 13.5. The summed E-state index contributed by atoms with van der Waals surface area (Å²) in [4.78, 5) is 11.5. The minimum absolute atomic E-state index is 0.0689. The van der Waals surface area contributed by atoms with Gasteiger partial charge in [0.05, 0.1) is 0 Å². The molecule has 0 amide bonds. The number of carbonyl (C=O) groups is 1. The molecule has 0 rings (SSSR count). The smallest absolute Gasteiger partial charge is 0.431 e. The molecule has 21 heavy (non-hydrogen) atoms. The molecule has 0 aliphatic carbocycles. The Morgan fingerprint density at radius 1 is 0.952 bits per heavy atom. The Bertz CT molecular complexity index is 340. The van der Waals surface area contributed by atoms with E-state index in [4.69, 9.17) is 9.47 Å². The van der Waals surface area contributed by atoms with Crippen molar-refractivity contribution in [2.24, 2.45) is 5.92 Å². The van der Waals surface area contributed by atoms with Crippen molar-refractivity contribution < 1.29 is 14.3 Å². The summed E-state index contributed by atoms with van der Waals surface area (Å²) >= 11 is 0. The zero-order valence-corrected chi connectivity index (χ0v) is 13.9. The van der Waals surface area contributed by atoms with Gasteiger partial charge in [0.2, 0.25) is 0 Å². The predicted molar refractivity (Wildman–Crippen MR) is 88.3 cm³/mol. The van der Waals surface area contributed by atoms with Crippen molar-refractivity contribution in [3.05, 3.63) is 36.5 Å². The maximum atomic E-state index is 11.5. The Morgan fingerprint density at radius 2 is 1.52 bits per heavy atom. The molecule has 0 bridgehead atoms. The van der Waals surface area contributed by atoms with E-state index in [0.29, 0.717) is 5.92 Å². The maximum Gasteiger partial charge on any atom is 0.508 e. The summed E-state index contributed by atoms with van der Waals surface area (Å²) in [7, 11) is 0. The third-order valence-electron chi connectivity index (χ3n) is 2.97. The van der Waals surface area contributed by atoms with Gasteiger partial charge in [-0.15, -0.1) is 0 Å². The predicted octanol–water partition coefficient (Wildman–Crippen LogP) is 5.43. The van der Waals surface area contributed by atoms with Crippen molar-refractivity contribution >= 4 is 6.16 Å². The standard InChI is InChI=1S/C18H30O3/c1-5-7-8-9-10-11-12-13-14-15-20-18(19)21-17(6-2)16(3)4/h7-8,10-11,13-14,16-17H,5-6,9,12,15H2,1-4H3/b8-7-,11-10-,14-13-. The Morgan fingerprint density at radius 3 is 2.05 bits per heavy atom. The molecule has 0 heterocycles. The molecular formula is C18H30O3. The molecule has 0 radical (unpaired) electrons. The van der Waals surface area contributed by atoms with Crippen LogP contribution >= 0.6 is 0 Å². The van der Waals surface area contributed by atoms with E-state index in [1.165, 1.54) is 0 Å². The topological polar surface area (TPSA) is 35.5 Å². The van der Waals surface area contributed by atoms with Crippen LogP contribution in [0.25, 0.3) is 0 Å². The summed E-state index contributed by atoms with van der Waals surface area (Å²) in [5.41, 5.74) is 0. The molecule has 0 aromatic rings. The van der Waals surface area contributed by atoms with Crippen molar-refractivity contribution in [2.45, 2.75) is 59.5 Å². The van der Waals surface area contributed by atoms with Gasteiger partial charge >= 0.3 is 6.16 Å². The Kier molecular flexibility index (Phi) is 12.5. The first kappa shape index (κ1) is 19.5. The van der Waals surface area contributed by atoms with E-state index >= 15 is 0 Å². The number of carbonyl (C=O) groups excluding carboxylic acids is 1. The fourth-order valence-electron chi connectivity index (χ4n) is 1.74. The molecule has 0 saturated heterocycles. The van der Waals surface area contributed by atoms with Gasteiger partial charge < -0.3 is 9.47 Å².